The summed E-state index contributed by atoms with van der Waals surface area (Å²) in [6.07, 6.45) is -3.70. The molecule has 1 aliphatic rings. The molecule has 120 valence electrons. The molecule has 1 aromatic carbocycles. The van der Waals surface area contributed by atoms with Crippen molar-refractivity contribution in [1.82, 2.24) is 10.6 Å². The molecule has 9 heteroatoms. The fourth-order valence-electron chi connectivity index (χ4n) is 1.83. The molecule has 3 amide bonds. The number of halogens is 3. The summed E-state index contributed by atoms with van der Waals surface area (Å²) in [6.45, 7) is 0.546. The summed E-state index contributed by atoms with van der Waals surface area (Å²) < 4.78 is 37.2. The predicted molar refractivity (Wildman–Crippen MR) is 77.5 cm³/mol. The highest BCUT2D eigenvalue weighted by molar-refractivity contribution is 8.00. The van der Waals surface area contributed by atoms with Crippen molar-refractivity contribution >= 4 is 29.4 Å². The maximum absolute atomic E-state index is 12.4. The number of nitrogens with one attached hydrogen (secondary N) is 3. The number of anilines is 1. The summed E-state index contributed by atoms with van der Waals surface area (Å²) in [7, 11) is 0. The molecule has 0 aromatic heterocycles. The van der Waals surface area contributed by atoms with Crippen molar-refractivity contribution in [3.8, 4) is 0 Å². The van der Waals surface area contributed by atoms with Crippen LogP contribution in [0.3, 0.4) is 0 Å². The van der Waals surface area contributed by atoms with Crippen LogP contribution in [0.5, 0.6) is 0 Å². The van der Waals surface area contributed by atoms with Crippen molar-refractivity contribution in [3.05, 3.63) is 29.8 Å². The molecule has 5 nitrogen and oxygen atoms in total. The van der Waals surface area contributed by atoms with E-state index in [1.54, 1.807) is 0 Å². The zero-order valence-electron chi connectivity index (χ0n) is 11.4. The molecule has 1 aromatic rings. The lowest BCUT2D eigenvalue weighted by Crippen LogP contribution is -2.48. The topological polar surface area (TPSA) is 70.2 Å². The summed E-state index contributed by atoms with van der Waals surface area (Å²) in [4.78, 5) is 22.8. The van der Waals surface area contributed by atoms with Gasteiger partial charge in [0.1, 0.15) is 0 Å². The number of urea groups is 1. The largest absolute Gasteiger partial charge is 0.416 e. The minimum atomic E-state index is -4.40. The van der Waals surface area contributed by atoms with Gasteiger partial charge in [0, 0.05) is 12.2 Å². The highest BCUT2D eigenvalue weighted by Gasteiger charge is 2.30. The molecule has 1 saturated heterocycles. The summed E-state index contributed by atoms with van der Waals surface area (Å²) in [5.74, 6) is -0.232. The average molecular weight is 333 g/mol. The lowest BCUT2D eigenvalue weighted by Gasteiger charge is -2.23. The second-order valence-corrected chi connectivity index (χ2v) is 5.80. The molecule has 1 atom stereocenters. The average Bonchev–Trinajstić information content (AvgIpc) is 2.45. The Bertz CT molecular complexity index is 548. The first-order valence-corrected chi connectivity index (χ1v) is 7.52. The van der Waals surface area contributed by atoms with E-state index in [0.717, 1.165) is 12.1 Å². The van der Waals surface area contributed by atoms with Gasteiger partial charge in [-0.1, -0.05) is 0 Å². The van der Waals surface area contributed by atoms with Crippen LogP contribution in [0, 0.1) is 0 Å². The Labute approximate surface area is 129 Å². The van der Waals surface area contributed by atoms with Crippen LogP contribution >= 0.6 is 11.8 Å². The second-order valence-electron chi connectivity index (χ2n) is 4.61. The van der Waals surface area contributed by atoms with Gasteiger partial charge >= 0.3 is 12.2 Å². The van der Waals surface area contributed by atoms with Gasteiger partial charge < -0.3 is 16.0 Å². The van der Waals surface area contributed by atoms with E-state index in [4.69, 9.17) is 0 Å². The number of carbonyl (C=O) groups excluding carboxylic acids is 2. The number of amides is 3. The van der Waals surface area contributed by atoms with Crippen LogP contribution in [-0.2, 0) is 11.0 Å². The highest BCUT2D eigenvalue weighted by Crippen LogP contribution is 2.29. The van der Waals surface area contributed by atoms with Crippen LogP contribution in [-0.4, -0.2) is 29.6 Å². The number of alkyl halides is 3. The molecule has 3 N–H and O–H groups in total. The fourth-order valence-corrected chi connectivity index (χ4v) is 2.73. The van der Waals surface area contributed by atoms with Gasteiger partial charge in [-0.05, 0) is 30.7 Å². The Morgan fingerprint density at radius 2 is 2.00 bits per heavy atom. The summed E-state index contributed by atoms with van der Waals surface area (Å²) in [5.41, 5.74) is -0.467. The number of carbonyl (C=O) groups is 2. The van der Waals surface area contributed by atoms with Crippen LogP contribution in [0.15, 0.2) is 24.3 Å². The molecule has 1 aliphatic heterocycles. The second kappa shape index (κ2) is 6.91. The standard InChI is InChI=1S/C13H14F3N3O2S/c14-13(15,16)8-1-3-9(4-2-8)18-10(20)7-22-11-5-6-17-12(21)19-11/h1-4,11H,5-7H2,(H,18,20)(H2,17,19,21). The maximum Gasteiger partial charge on any atom is 0.416 e. The first kappa shape index (κ1) is 16.5. The van der Waals surface area contributed by atoms with E-state index in [2.05, 4.69) is 16.0 Å². The summed E-state index contributed by atoms with van der Waals surface area (Å²) in [5, 5.41) is 7.64. The van der Waals surface area contributed by atoms with E-state index in [1.165, 1.54) is 23.9 Å². The van der Waals surface area contributed by atoms with Gasteiger partial charge in [0.15, 0.2) is 0 Å². The maximum atomic E-state index is 12.4. The first-order valence-electron chi connectivity index (χ1n) is 6.47. The third-order valence-corrected chi connectivity index (χ3v) is 4.08. The quantitative estimate of drug-likeness (QED) is 0.792. The number of hydrogen-bond acceptors (Lipinski definition) is 3. The zero-order valence-corrected chi connectivity index (χ0v) is 12.2. The molecule has 0 saturated carbocycles. The van der Waals surface area contributed by atoms with Crippen LogP contribution in [0.4, 0.5) is 23.7 Å². The Kier molecular flexibility index (Phi) is 5.17. The van der Waals surface area contributed by atoms with E-state index in [-0.39, 0.29) is 23.1 Å². The molecule has 1 fully saturated rings. The van der Waals surface area contributed by atoms with E-state index < -0.39 is 11.7 Å². The summed E-state index contributed by atoms with van der Waals surface area (Å²) in [6, 6.07) is 3.97. The predicted octanol–water partition coefficient (Wildman–Crippen LogP) is 2.41. The van der Waals surface area contributed by atoms with E-state index in [9.17, 15) is 22.8 Å². The van der Waals surface area contributed by atoms with Gasteiger partial charge in [-0.25, -0.2) is 4.79 Å². The first-order chi connectivity index (χ1) is 10.3. The van der Waals surface area contributed by atoms with E-state index in [0.29, 0.717) is 18.7 Å². The van der Waals surface area contributed by atoms with Crippen molar-refractivity contribution in [2.75, 3.05) is 17.6 Å². The Morgan fingerprint density at radius 3 is 2.59 bits per heavy atom. The minimum Gasteiger partial charge on any atom is -0.338 e. The van der Waals surface area contributed by atoms with E-state index >= 15 is 0 Å². The van der Waals surface area contributed by atoms with Crippen LogP contribution in [0.2, 0.25) is 0 Å². The molecular weight excluding hydrogens is 319 g/mol. The molecule has 0 aliphatic carbocycles. The summed E-state index contributed by atoms with van der Waals surface area (Å²) >= 11 is 1.27. The Morgan fingerprint density at radius 1 is 1.32 bits per heavy atom. The molecular formula is C13H14F3N3O2S. The third-order valence-electron chi connectivity index (χ3n) is 2.90. The molecule has 1 unspecified atom stereocenters. The van der Waals surface area contributed by atoms with Gasteiger partial charge in [-0.3, -0.25) is 4.79 Å². The number of hydrogen-bond donors (Lipinski definition) is 3. The Balaban J connectivity index is 1.80. The third kappa shape index (κ3) is 4.83. The lowest BCUT2D eigenvalue weighted by atomic mass is 10.2. The van der Waals surface area contributed by atoms with Crippen molar-refractivity contribution in [2.45, 2.75) is 18.0 Å². The van der Waals surface area contributed by atoms with Gasteiger partial charge in [0.05, 0.1) is 16.7 Å². The SMILES string of the molecule is O=C(CSC1CCNC(=O)N1)Nc1ccc(C(F)(F)F)cc1. The number of thioether (sulfide) groups is 1. The number of rotatable bonds is 4. The van der Waals surface area contributed by atoms with Gasteiger partial charge in [0.25, 0.3) is 0 Å². The van der Waals surface area contributed by atoms with Crippen molar-refractivity contribution in [3.63, 3.8) is 0 Å². The normalized spacial score (nSPS) is 18.3. The molecule has 0 bridgehead atoms. The van der Waals surface area contributed by atoms with E-state index in [1.807, 2.05) is 0 Å². The van der Waals surface area contributed by atoms with Crippen molar-refractivity contribution < 1.29 is 22.8 Å². The molecule has 0 radical (unpaired) electrons. The van der Waals surface area contributed by atoms with Crippen LogP contribution < -0.4 is 16.0 Å². The lowest BCUT2D eigenvalue weighted by molar-refractivity contribution is -0.137. The smallest absolute Gasteiger partial charge is 0.338 e. The van der Waals surface area contributed by atoms with Crippen molar-refractivity contribution in [2.24, 2.45) is 0 Å². The monoisotopic (exact) mass is 333 g/mol. The number of benzene rings is 1. The van der Waals surface area contributed by atoms with Crippen molar-refractivity contribution in [1.29, 1.82) is 0 Å². The van der Waals surface area contributed by atoms with Crippen LogP contribution in [0.1, 0.15) is 12.0 Å². The molecule has 0 spiro atoms. The minimum absolute atomic E-state index is 0.103. The molecule has 22 heavy (non-hydrogen) atoms. The molecule has 1 heterocycles. The Hall–Kier alpha value is -1.90. The van der Waals surface area contributed by atoms with Gasteiger partial charge in [-0.15, -0.1) is 11.8 Å². The van der Waals surface area contributed by atoms with Gasteiger partial charge in [0.2, 0.25) is 5.91 Å². The zero-order chi connectivity index (χ0) is 16.2. The van der Waals surface area contributed by atoms with Gasteiger partial charge in [-0.2, -0.15) is 13.2 Å². The highest BCUT2D eigenvalue weighted by atomic mass is 32.2. The van der Waals surface area contributed by atoms with Crippen LogP contribution in [0.25, 0.3) is 0 Å². The molecule has 2 rings (SSSR count). The fraction of sp³-hybridized carbons (Fsp3) is 0.385.